The Kier molecular flexibility index (Phi) is 4.53. The van der Waals surface area contributed by atoms with Crippen LogP contribution in [0.5, 0.6) is 0 Å². The minimum Gasteiger partial charge on any atom is -0.376 e. The van der Waals surface area contributed by atoms with Gasteiger partial charge in [-0.3, -0.25) is 0 Å². The molecule has 1 saturated heterocycles. The lowest BCUT2D eigenvalue weighted by molar-refractivity contribution is -0.0868. The molecule has 0 aromatic rings. The lowest BCUT2D eigenvalue weighted by atomic mass is 10.3. The van der Waals surface area contributed by atoms with Gasteiger partial charge in [0.05, 0.1) is 25.9 Å². The van der Waals surface area contributed by atoms with E-state index in [9.17, 15) is 0 Å². The molecule has 4 nitrogen and oxygen atoms in total. The standard InChI is InChI=1S/C8H18N2O2/c1-7(4-9)10-5-8-6-11-2-3-12-8/h7-8,10H,2-6,9H2,1H3/t7-,8?/m0/s1. The smallest absolute Gasteiger partial charge is 0.0933 e. The molecule has 0 radical (unpaired) electrons. The van der Waals surface area contributed by atoms with Crippen LogP contribution in [0.3, 0.4) is 0 Å². The molecule has 4 heteroatoms. The lowest BCUT2D eigenvalue weighted by Gasteiger charge is -2.24. The Hall–Kier alpha value is -0.160. The van der Waals surface area contributed by atoms with Crippen molar-refractivity contribution in [1.29, 1.82) is 0 Å². The first kappa shape index (κ1) is 9.92. The maximum Gasteiger partial charge on any atom is 0.0933 e. The molecule has 0 saturated carbocycles. The highest BCUT2D eigenvalue weighted by Crippen LogP contribution is 1.98. The number of nitrogens with two attached hydrogens (primary N) is 1. The van der Waals surface area contributed by atoms with E-state index in [1.807, 2.05) is 0 Å². The summed E-state index contributed by atoms with van der Waals surface area (Å²) in [6.07, 6.45) is 0.202. The van der Waals surface area contributed by atoms with Crippen molar-refractivity contribution in [3.63, 3.8) is 0 Å². The summed E-state index contributed by atoms with van der Waals surface area (Å²) in [7, 11) is 0. The zero-order valence-electron chi connectivity index (χ0n) is 7.58. The molecule has 1 fully saturated rings. The van der Waals surface area contributed by atoms with Crippen molar-refractivity contribution in [3.8, 4) is 0 Å². The van der Waals surface area contributed by atoms with Crippen LogP contribution >= 0.6 is 0 Å². The number of hydrogen-bond acceptors (Lipinski definition) is 4. The summed E-state index contributed by atoms with van der Waals surface area (Å²) in [4.78, 5) is 0. The SMILES string of the molecule is C[C@@H](CN)NCC1COCCO1. The lowest BCUT2D eigenvalue weighted by Crippen LogP contribution is -2.42. The molecule has 0 bridgehead atoms. The largest absolute Gasteiger partial charge is 0.376 e. The number of ether oxygens (including phenoxy) is 2. The highest BCUT2D eigenvalue weighted by Gasteiger charge is 2.14. The van der Waals surface area contributed by atoms with Crippen molar-refractivity contribution >= 4 is 0 Å². The molecular weight excluding hydrogens is 156 g/mol. The fourth-order valence-corrected chi connectivity index (χ4v) is 1.07. The normalized spacial score (nSPS) is 27.0. The van der Waals surface area contributed by atoms with Crippen LogP contribution in [0.1, 0.15) is 6.92 Å². The van der Waals surface area contributed by atoms with E-state index in [-0.39, 0.29) is 6.10 Å². The highest BCUT2D eigenvalue weighted by atomic mass is 16.6. The molecule has 0 aromatic carbocycles. The summed E-state index contributed by atoms with van der Waals surface area (Å²) in [5.41, 5.74) is 5.45. The van der Waals surface area contributed by atoms with Gasteiger partial charge in [0.25, 0.3) is 0 Å². The minimum atomic E-state index is 0.202. The van der Waals surface area contributed by atoms with E-state index in [0.29, 0.717) is 25.8 Å². The summed E-state index contributed by atoms with van der Waals surface area (Å²) in [6.45, 7) is 5.69. The molecule has 0 aliphatic carbocycles. The molecule has 3 N–H and O–H groups in total. The van der Waals surface area contributed by atoms with Gasteiger partial charge in [-0.05, 0) is 6.92 Å². The maximum atomic E-state index is 5.45. The number of nitrogens with one attached hydrogen (secondary N) is 1. The monoisotopic (exact) mass is 174 g/mol. The Bertz CT molecular complexity index is 116. The Balaban J connectivity index is 2.05. The van der Waals surface area contributed by atoms with Crippen LogP contribution < -0.4 is 11.1 Å². The summed E-state index contributed by atoms with van der Waals surface area (Å²) < 4.78 is 10.7. The number of rotatable bonds is 4. The quantitative estimate of drug-likeness (QED) is 0.594. The third-order valence-electron chi connectivity index (χ3n) is 1.93. The molecule has 12 heavy (non-hydrogen) atoms. The van der Waals surface area contributed by atoms with Gasteiger partial charge in [0.2, 0.25) is 0 Å². The van der Waals surface area contributed by atoms with Crippen molar-refractivity contribution in [3.05, 3.63) is 0 Å². The van der Waals surface area contributed by atoms with E-state index in [4.69, 9.17) is 15.2 Å². The van der Waals surface area contributed by atoms with Crippen LogP contribution in [0.4, 0.5) is 0 Å². The second-order valence-electron chi connectivity index (χ2n) is 3.11. The van der Waals surface area contributed by atoms with Gasteiger partial charge in [-0.2, -0.15) is 0 Å². The van der Waals surface area contributed by atoms with Crippen LogP contribution in [0, 0.1) is 0 Å². The summed E-state index contributed by atoms with van der Waals surface area (Å²) in [5.74, 6) is 0. The maximum absolute atomic E-state index is 5.45. The molecule has 0 amide bonds. The summed E-state index contributed by atoms with van der Waals surface area (Å²) >= 11 is 0. The molecule has 1 rings (SSSR count). The number of hydrogen-bond donors (Lipinski definition) is 2. The van der Waals surface area contributed by atoms with Gasteiger partial charge in [0.15, 0.2) is 0 Å². The van der Waals surface area contributed by atoms with E-state index in [1.54, 1.807) is 0 Å². The predicted molar refractivity (Wildman–Crippen MR) is 47.1 cm³/mol. The fraction of sp³-hybridized carbons (Fsp3) is 1.00. The molecular formula is C8H18N2O2. The first-order valence-corrected chi connectivity index (χ1v) is 4.45. The Morgan fingerprint density at radius 3 is 3.00 bits per heavy atom. The Morgan fingerprint density at radius 1 is 1.58 bits per heavy atom. The molecule has 1 heterocycles. The van der Waals surface area contributed by atoms with Crippen LogP contribution in [0.15, 0.2) is 0 Å². The average molecular weight is 174 g/mol. The topological polar surface area (TPSA) is 56.5 Å². The van der Waals surface area contributed by atoms with Gasteiger partial charge in [-0.1, -0.05) is 0 Å². The van der Waals surface area contributed by atoms with Gasteiger partial charge >= 0.3 is 0 Å². The van der Waals surface area contributed by atoms with Gasteiger partial charge < -0.3 is 20.5 Å². The van der Waals surface area contributed by atoms with E-state index < -0.39 is 0 Å². The van der Waals surface area contributed by atoms with Crippen LogP contribution in [-0.4, -0.2) is 45.1 Å². The molecule has 72 valence electrons. The predicted octanol–water partition coefficient (Wildman–Crippen LogP) is -0.661. The van der Waals surface area contributed by atoms with Crippen molar-refractivity contribution in [2.45, 2.75) is 19.1 Å². The van der Waals surface area contributed by atoms with Crippen molar-refractivity contribution in [1.82, 2.24) is 5.32 Å². The minimum absolute atomic E-state index is 0.202. The zero-order chi connectivity index (χ0) is 8.81. The molecule has 2 atom stereocenters. The highest BCUT2D eigenvalue weighted by molar-refractivity contribution is 4.68. The van der Waals surface area contributed by atoms with Crippen molar-refractivity contribution in [2.75, 3.05) is 32.9 Å². The molecule has 1 unspecified atom stereocenters. The van der Waals surface area contributed by atoms with E-state index in [1.165, 1.54) is 0 Å². The van der Waals surface area contributed by atoms with Gasteiger partial charge in [-0.15, -0.1) is 0 Å². The molecule has 1 aliphatic rings. The van der Waals surface area contributed by atoms with Gasteiger partial charge in [0, 0.05) is 19.1 Å². The third-order valence-corrected chi connectivity index (χ3v) is 1.93. The van der Waals surface area contributed by atoms with Crippen molar-refractivity contribution in [2.24, 2.45) is 5.73 Å². The first-order valence-electron chi connectivity index (χ1n) is 4.45. The van der Waals surface area contributed by atoms with Crippen LogP contribution in [0.2, 0.25) is 0 Å². The molecule has 0 spiro atoms. The first-order chi connectivity index (χ1) is 5.83. The Labute approximate surface area is 73.4 Å². The van der Waals surface area contributed by atoms with Gasteiger partial charge in [0.1, 0.15) is 0 Å². The van der Waals surface area contributed by atoms with E-state index >= 15 is 0 Å². The molecule has 1 aliphatic heterocycles. The average Bonchev–Trinajstić information content (AvgIpc) is 2.16. The Morgan fingerprint density at radius 2 is 2.42 bits per heavy atom. The van der Waals surface area contributed by atoms with E-state index in [2.05, 4.69) is 12.2 Å². The van der Waals surface area contributed by atoms with Crippen LogP contribution in [-0.2, 0) is 9.47 Å². The van der Waals surface area contributed by atoms with Crippen molar-refractivity contribution < 1.29 is 9.47 Å². The zero-order valence-corrected chi connectivity index (χ0v) is 7.58. The van der Waals surface area contributed by atoms with Gasteiger partial charge in [-0.25, -0.2) is 0 Å². The van der Waals surface area contributed by atoms with Crippen LogP contribution in [0.25, 0.3) is 0 Å². The third kappa shape index (κ3) is 3.49. The second-order valence-corrected chi connectivity index (χ2v) is 3.11. The fourth-order valence-electron chi connectivity index (χ4n) is 1.07. The summed E-state index contributed by atoms with van der Waals surface area (Å²) in [6, 6.07) is 0.357. The second kappa shape index (κ2) is 5.48. The van der Waals surface area contributed by atoms with E-state index in [0.717, 1.165) is 13.2 Å². The summed E-state index contributed by atoms with van der Waals surface area (Å²) in [5, 5.41) is 3.27. The molecule has 0 aromatic heterocycles.